The number of nitrogens with one attached hydrogen (secondary N) is 1. The van der Waals surface area contributed by atoms with Gasteiger partial charge in [0.1, 0.15) is 0 Å². The van der Waals surface area contributed by atoms with Crippen LogP contribution in [-0.4, -0.2) is 28.0 Å². The molecule has 0 fully saturated rings. The van der Waals surface area contributed by atoms with Gasteiger partial charge in [-0.15, -0.1) is 0 Å². The zero-order valence-corrected chi connectivity index (χ0v) is 15.2. The summed E-state index contributed by atoms with van der Waals surface area (Å²) in [4.78, 5) is 16.9. The van der Waals surface area contributed by atoms with Gasteiger partial charge in [0.05, 0.1) is 11.0 Å². The largest absolute Gasteiger partial charge is 0.454 e. The molecule has 0 aliphatic carbocycles. The van der Waals surface area contributed by atoms with E-state index in [2.05, 4.69) is 27.9 Å². The number of thioether (sulfide) groups is 1. The van der Waals surface area contributed by atoms with Crippen molar-refractivity contribution in [3.63, 3.8) is 0 Å². The summed E-state index contributed by atoms with van der Waals surface area (Å²) in [7, 11) is 0. The van der Waals surface area contributed by atoms with Gasteiger partial charge < -0.3 is 19.4 Å². The normalized spacial score (nSPS) is 12.5. The molecule has 0 saturated carbocycles. The molecule has 0 atom stereocenters. The molecule has 26 heavy (non-hydrogen) atoms. The highest BCUT2D eigenvalue weighted by molar-refractivity contribution is 7.99. The Bertz CT molecular complexity index is 954. The number of amides is 1. The van der Waals surface area contributed by atoms with Crippen LogP contribution >= 0.6 is 11.8 Å². The van der Waals surface area contributed by atoms with E-state index in [0.717, 1.165) is 22.7 Å². The third-order valence-electron chi connectivity index (χ3n) is 4.15. The fraction of sp³-hybridized carbons (Fsp3) is 0.263. The van der Waals surface area contributed by atoms with Crippen molar-refractivity contribution < 1.29 is 14.3 Å². The first-order chi connectivity index (χ1) is 12.7. The summed E-state index contributed by atoms with van der Waals surface area (Å²) in [6, 6.07) is 13.5. The molecule has 0 bridgehead atoms. The van der Waals surface area contributed by atoms with Gasteiger partial charge in [-0.25, -0.2) is 4.98 Å². The number of aryl methyl sites for hydroxylation is 1. The lowest BCUT2D eigenvalue weighted by Gasteiger charge is -2.07. The number of hydrogen-bond acceptors (Lipinski definition) is 5. The van der Waals surface area contributed by atoms with E-state index < -0.39 is 0 Å². The van der Waals surface area contributed by atoms with Crippen molar-refractivity contribution >= 4 is 34.4 Å². The summed E-state index contributed by atoms with van der Waals surface area (Å²) in [6.45, 7) is 3.18. The fourth-order valence-electron chi connectivity index (χ4n) is 2.90. The number of carbonyl (C=O) groups excluding carboxylic acids is 1. The molecule has 1 aromatic heterocycles. The third kappa shape index (κ3) is 3.35. The van der Waals surface area contributed by atoms with Crippen LogP contribution < -0.4 is 14.8 Å². The van der Waals surface area contributed by atoms with Crippen LogP contribution in [0.3, 0.4) is 0 Å². The molecule has 4 rings (SSSR count). The summed E-state index contributed by atoms with van der Waals surface area (Å²) in [5.41, 5.74) is 2.83. The predicted octanol–water partition coefficient (Wildman–Crippen LogP) is 3.91. The Morgan fingerprint density at radius 3 is 2.96 bits per heavy atom. The van der Waals surface area contributed by atoms with Gasteiger partial charge in [-0.2, -0.15) is 0 Å². The molecule has 134 valence electrons. The molecule has 1 N–H and O–H groups in total. The lowest BCUT2D eigenvalue weighted by molar-refractivity contribution is -0.115. The minimum absolute atomic E-state index is 0.0319. The zero-order chi connectivity index (χ0) is 17.9. The lowest BCUT2D eigenvalue weighted by Crippen LogP contribution is -2.12. The van der Waals surface area contributed by atoms with Gasteiger partial charge in [-0.05, 0) is 31.2 Å². The molecule has 0 saturated heterocycles. The smallest absolute Gasteiger partial charge is 0.231 e. The van der Waals surface area contributed by atoms with E-state index in [4.69, 9.17) is 9.47 Å². The van der Waals surface area contributed by atoms with E-state index in [0.29, 0.717) is 29.4 Å². The van der Waals surface area contributed by atoms with E-state index in [1.807, 2.05) is 24.3 Å². The number of rotatable bonds is 6. The van der Waals surface area contributed by atoms with Gasteiger partial charge in [-0.1, -0.05) is 23.9 Å². The molecule has 2 heterocycles. The minimum atomic E-state index is -0.0319. The van der Waals surface area contributed by atoms with E-state index >= 15 is 0 Å². The SMILES string of the molecule is CCn1c(SCCC(=O)Nc2ccc3c(c2)OCO3)nc2ccccc21. The first-order valence-corrected chi connectivity index (χ1v) is 9.50. The Morgan fingerprint density at radius 2 is 2.08 bits per heavy atom. The monoisotopic (exact) mass is 369 g/mol. The summed E-state index contributed by atoms with van der Waals surface area (Å²) in [5.74, 6) is 2.00. The first-order valence-electron chi connectivity index (χ1n) is 8.52. The molecule has 0 radical (unpaired) electrons. The maximum Gasteiger partial charge on any atom is 0.231 e. The number of ether oxygens (including phenoxy) is 2. The van der Waals surface area contributed by atoms with Crippen LogP contribution in [-0.2, 0) is 11.3 Å². The molecule has 1 aliphatic heterocycles. The number of benzene rings is 2. The van der Waals surface area contributed by atoms with E-state index in [9.17, 15) is 4.79 Å². The van der Waals surface area contributed by atoms with Crippen LogP contribution in [0.4, 0.5) is 5.69 Å². The van der Waals surface area contributed by atoms with Crippen LogP contribution in [0.2, 0.25) is 0 Å². The van der Waals surface area contributed by atoms with Gasteiger partial charge in [0.2, 0.25) is 12.7 Å². The van der Waals surface area contributed by atoms with E-state index in [-0.39, 0.29) is 12.7 Å². The second-order valence-electron chi connectivity index (χ2n) is 5.84. The zero-order valence-electron chi connectivity index (χ0n) is 14.4. The van der Waals surface area contributed by atoms with Crippen molar-refractivity contribution in [2.24, 2.45) is 0 Å². The average molecular weight is 369 g/mol. The highest BCUT2D eigenvalue weighted by Crippen LogP contribution is 2.34. The summed E-state index contributed by atoms with van der Waals surface area (Å²) in [6.07, 6.45) is 0.409. The molecule has 3 aromatic rings. The Kier molecular flexibility index (Phi) is 4.71. The van der Waals surface area contributed by atoms with Crippen molar-refractivity contribution in [1.29, 1.82) is 0 Å². The molecule has 1 aliphatic rings. The predicted molar refractivity (Wildman–Crippen MR) is 102 cm³/mol. The summed E-state index contributed by atoms with van der Waals surface area (Å²) >= 11 is 1.60. The van der Waals surface area contributed by atoms with E-state index in [1.54, 1.807) is 23.9 Å². The van der Waals surface area contributed by atoms with Crippen molar-refractivity contribution in [3.8, 4) is 11.5 Å². The Balaban J connectivity index is 1.35. The number of fused-ring (bicyclic) bond motifs is 2. The number of aromatic nitrogens is 2. The maximum absolute atomic E-state index is 12.2. The molecule has 0 unspecified atom stereocenters. The van der Waals surface area contributed by atoms with Gasteiger partial charge in [0.25, 0.3) is 0 Å². The number of imidazole rings is 1. The van der Waals surface area contributed by atoms with Gasteiger partial charge in [-0.3, -0.25) is 4.79 Å². The number of nitrogens with zero attached hydrogens (tertiary/aromatic N) is 2. The second kappa shape index (κ2) is 7.29. The summed E-state index contributed by atoms with van der Waals surface area (Å²) < 4.78 is 12.8. The molecule has 6 nitrogen and oxygen atoms in total. The van der Waals surface area contributed by atoms with Crippen molar-refractivity contribution in [2.75, 3.05) is 17.9 Å². The summed E-state index contributed by atoms with van der Waals surface area (Å²) in [5, 5.41) is 3.85. The van der Waals surface area contributed by atoms with Crippen LogP contribution in [0.25, 0.3) is 11.0 Å². The van der Waals surface area contributed by atoms with Crippen LogP contribution in [0.5, 0.6) is 11.5 Å². The van der Waals surface area contributed by atoms with Crippen molar-refractivity contribution in [2.45, 2.75) is 25.0 Å². The van der Waals surface area contributed by atoms with Crippen LogP contribution in [0.15, 0.2) is 47.6 Å². The minimum Gasteiger partial charge on any atom is -0.454 e. The highest BCUT2D eigenvalue weighted by atomic mass is 32.2. The maximum atomic E-state index is 12.2. The Hall–Kier alpha value is -2.67. The standard InChI is InChI=1S/C19H19N3O3S/c1-2-22-15-6-4-3-5-14(15)21-19(22)26-10-9-18(23)20-13-7-8-16-17(11-13)25-12-24-16/h3-8,11H,2,9-10,12H2,1H3,(H,20,23). The number of anilines is 1. The molecule has 2 aromatic carbocycles. The van der Waals surface area contributed by atoms with Crippen LogP contribution in [0.1, 0.15) is 13.3 Å². The average Bonchev–Trinajstić information content (AvgIpc) is 3.24. The molecule has 0 spiro atoms. The van der Waals surface area contributed by atoms with Crippen molar-refractivity contribution in [3.05, 3.63) is 42.5 Å². The third-order valence-corrected chi connectivity index (χ3v) is 5.13. The van der Waals surface area contributed by atoms with Crippen LogP contribution in [0, 0.1) is 0 Å². The fourth-order valence-corrected chi connectivity index (χ4v) is 3.92. The lowest BCUT2D eigenvalue weighted by atomic mass is 10.2. The molecular weight excluding hydrogens is 350 g/mol. The van der Waals surface area contributed by atoms with Gasteiger partial charge >= 0.3 is 0 Å². The number of carbonyl (C=O) groups is 1. The molecular formula is C19H19N3O3S. The Morgan fingerprint density at radius 1 is 1.23 bits per heavy atom. The molecule has 1 amide bonds. The Labute approximate surface area is 155 Å². The van der Waals surface area contributed by atoms with Crippen molar-refractivity contribution in [1.82, 2.24) is 9.55 Å². The quantitative estimate of drug-likeness (QED) is 0.668. The molecule has 7 heteroatoms. The first kappa shape index (κ1) is 16.8. The van der Waals surface area contributed by atoms with Gasteiger partial charge in [0.15, 0.2) is 16.7 Å². The highest BCUT2D eigenvalue weighted by Gasteiger charge is 2.14. The van der Waals surface area contributed by atoms with E-state index in [1.165, 1.54) is 0 Å². The number of para-hydroxylation sites is 2. The number of hydrogen-bond donors (Lipinski definition) is 1. The second-order valence-corrected chi connectivity index (χ2v) is 6.90. The topological polar surface area (TPSA) is 65.4 Å². The van der Waals surface area contributed by atoms with Gasteiger partial charge in [0, 0.05) is 30.5 Å².